The number of halogens is 1. The molecule has 0 atom stereocenters. The Morgan fingerprint density at radius 1 is 1.03 bits per heavy atom. The van der Waals surface area contributed by atoms with Crippen LogP contribution in [-0.4, -0.2) is 29.0 Å². The summed E-state index contributed by atoms with van der Waals surface area (Å²) in [5, 5.41) is 3.58. The van der Waals surface area contributed by atoms with Crippen molar-refractivity contribution in [3.63, 3.8) is 0 Å². The summed E-state index contributed by atoms with van der Waals surface area (Å²) < 4.78 is 0. The van der Waals surface area contributed by atoms with Crippen LogP contribution in [0.2, 0.25) is 5.02 Å². The molecule has 0 unspecified atom stereocenters. The molecule has 2 aromatic carbocycles. The fourth-order valence-corrected chi connectivity index (χ4v) is 3.80. The van der Waals surface area contributed by atoms with Crippen molar-refractivity contribution in [3.8, 4) is 11.1 Å². The fraction of sp³-hybridized carbons (Fsp3) is 0.261. The maximum Gasteiger partial charge on any atom is 0.227 e. The Morgan fingerprint density at radius 2 is 1.76 bits per heavy atom. The summed E-state index contributed by atoms with van der Waals surface area (Å²) in [6.45, 7) is 3.60. The van der Waals surface area contributed by atoms with E-state index in [2.05, 4.69) is 45.3 Å². The number of benzene rings is 2. The van der Waals surface area contributed by atoms with E-state index < -0.39 is 0 Å². The highest BCUT2D eigenvalue weighted by molar-refractivity contribution is 6.30. The highest BCUT2D eigenvalue weighted by atomic mass is 35.5. The minimum absolute atomic E-state index is 0.0169. The number of hydrogen-bond donors (Lipinski definition) is 1. The van der Waals surface area contributed by atoms with Crippen molar-refractivity contribution in [2.24, 2.45) is 5.92 Å². The summed E-state index contributed by atoms with van der Waals surface area (Å²) in [5.41, 5.74) is 4.07. The third-order valence-electron chi connectivity index (χ3n) is 5.23. The van der Waals surface area contributed by atoms with E-state index in [9.17, 15) is 4.79 Å². The summed E-state index contributed by atoms with van der Waals surface area (Å²) in [6.07, 6.45) is 5.29. The maximum atomic E-state index is 12.5. The van der Waals surface area contributed by atoms with Crippen molar-refractivity contribution >= 4 is 29.1 Å². The Labute approximate surface area is 175 Å². The zero-order chi connectivity index (χ0) is 20.2. The van der Waals surface area contributed by atoms with E-state index in [-0.39, 0.29) is 11.8 Å². The molecule has 0 saturated carbocycles. The Morgan fingerprint density at radius 3 is 2.45 bits per heavy atom. The van der Waals surface area contributed by atoms with Crippen LogP contribution in [0.3, 0.4) is 0 Å². The largest absolute Gasteiger partial charge is 0.341 e. The molecule has 1 amide bonds. The molecule has 2 heterocycles. The van der Waals surface area contributed by atoms with Crippen molar-refractivity contribution in [3.05, 3.63) is 71.5 Å². The number of nitrogens with one attached hydrogen (secondary N) is 1. The molecule has 4 rings (SSSR count). The van der Waals surface area contributed by atoms with Crippen molar-refractivity contribution in [1.29, 1.82) is 0 Å². The van der Waals surface area contributed by atoms with Gasteiger partial charge >= 0.3 is 0 Å². The molecule has 5 nitrogen and oxygen atoms in total. The first-order valence-corrected chi connectivity index (χ1v) is 10.2. The summed E-state index contributed by atoms with van der Waals surface area (Å²) in [5.74, 6) is 0.745. The van der Waals surface area contributed by atoms with Crippen molar-refractivity contribution < 1.29 is 4.79 Å². The highest BCUT2D eigenvalue weighted by Gasteiger charge is 2.26. The van der Waals surface area contributed by atoms with Crippen LogP contribution in [0.1, 0.15) is 18.4 Å². The van der Waals surface area contributed by atoms with E-state index in [4.69, 9.17) is 11.6 Å². The Hall–Kier alpha value is -2.92. The molecule has 6 heteroatoms. The number of hydrogen-bond acceptors (Lipinski definition) is 4. The van der Waals surface area contributed by atoms with Crippen LogP contribution in [0.25, 0.3) is 11.1 Å². The van der Waals surface area contributed by atoms with Crippen molar-refractivity contribution in [2.45, 2.75) is 19.8 Å². The number of carbonyl (C=O) groups is 1. The van der Waals surface area contributed by atoms with Crippen molar-refractivity contribution in [1.82, 2.24) is 9.97 Å². The predicted molar refractivity (Wildman–Crippen MR) is 117 cm³/mol. The Balaban J connectivity index is 1.35. The molecule has 0 spiro atoms. The van der Waals surface area contributed by atoms with E-state index in [1.54, 1.807) is 12.1 Å². The molecule has 1 aromatic heterocycles. The molecular weight excluding hydrogens is 384 g/mol. The van der Waals surface area contributed by atoms with Crippen LogP contribution >= 0.6 is 11.6 Å². The lowest BCUT2D eigenvalue weighted by Gasteiger charge is -2.31. The molecule has 0 aliphatic carbocycles. The highest BCUT2D eigenvalue weighted by Crippen LogP contribution is 2.25. The zero-order valence-corrected chi connectivity index (χ0v) is 17.1. The Kier molecular flexibility index (Phi) is 5.76. The van der Waals surface area contributed by atoms with E-state index in [1.807, 2.05) is 30.6 Å². The first-order valence-electron chi connectivity index (χ1n) is 9.79. The van der Waals surface area contributed by atoms with Gasteiger partial charge in [0.25, 0.3) is 0 Å². The van der Waals surface area contributed by atoms with Gasteiger partial charge in [-0.25, -0.2) is 9.97 Å². The molecule has 0 bridgehead atoms. The zero-order valence-electron chi connectivity index (χ0n) is 16.3. The molecule has 0 radical (unpaired) electrons. The van der Waals surface area contributed by atoms with Gasteiger partial charge in [-0.1, -0.05) is 47.5 Å². The first kappa shape index (κ1) is 19.4. The normalized spacial score (nSPS) is 14.6. The lowest BCUT2D eigenvalue weighted by molar-refractivity contribution is -0.120. The van der Waals surface area contributed by atoms with Gasteiger partial charge in [-0.15, -0.1) is 0 Å². The maximum absolute atomic E-state index is 12.5. The molecule has 1 aliphatic rings. The van der Waals surface area contributed by atoms with Gasteiger partial charge in [0.2, 0.25) is 11.9 Å². The van der Waals surface area contributed by atoms with Gasteiger partial charge < -0.3 is 10.2 Å². The summed E-state index contributed by atoms with van der Waals surface area (Å²) in [6, 6.07) is 15.5. The minimum Gasteiger partial charge on any atom is -0.341 e. The molecular formula is C23H23ClN4O. The number of amides is 1. The minimum atomic E-state index is -0.0169. The average Bonchev–Trinajstić information content (AvgIpc) is 2.74. The van der Waals surface area contributed by atoms with Gasteiger partial charge in [0.15, 0.2) is 0 Å². The van der Waals surface area contributed by atoms with Crippen LogP contribution in [-0.2, 0) is 4.79 Å². The Bertz CT molecular complexity index is 998. The SMILES string of the molecule is Cc1cccc(-c2cnc(N3CCC(C(=O)Nc4cccc(Cl)c4)CC3)nc2)c1. The molecule has 1 N–H and O–H groups in total. The van der Waals surface area contributed by atoms with Gasteiger partial charge in [-0.05, 0) is 43.5 Å². The second-order valence-corrected chi connectivity index (χ2v) is 7.84. The number of nitrogens with zero attached hydrogens (tertiary/aromatic N) is 3. The van der Waals surface area contributed by atoms with Crippen LogP contribution < -0.4 is 10.2 Å². The van der Waals surface area contributed by atoms with Gasteiger partial charge in [0, 0.05) is 47.7 Å². The van der Waals surface area contributed by atoms with E-state index in [0.717, 1.165) is 48.7 Å². The molecule has 3 aromatic rings. The van der Waals surface area contributed by atoms with Crippen LogP contribution in [0.4, 0.5) is 11.6 Å². The smallest absolute Gasteiger partial charge is 0.227 e. The second-order valence-electron chi connectivity index (χ2n) is 7.40. The third kappa shape index (κ3) is 4.74. The molecule has 1 saturated heterocycles. The van der Waals surface area contributed by atoms with Gasteiger partial charge in [-0.2, -0.15) is 0 Å². The fourth-order valence-electron chi connectivity index (χ4n) is 3.61. The number of aromatic nitrogens is 2. The van der Waals surface area contributed by atoms with Gasteiger partial charge in [-0.3, -0.25) is 4.79 Å². The summed E-state index contributed by atoms with van der Waals surface area (Å²) in [4.78, 5) is 23.8. The predicted octanol–water partition coefficient (Wildman–Crippen LogP) is 4.96. The number of anilines is 2. The monoisotopic (exact) mass is 406 g/mol. The van der Waals surface area contributed by atoms with E-state index >= 15 is 0 Å². The topological polar surface area (TPSA) is 58.1 Å². The number of aryl methyl sites for hydroxylation is 1. The molecule has 1 fully saturated rings. The van der Waals surface area contributed by atoms with Crippen LogP contribution in [0.15, 0.2) is 60.9 Å². The van der Waals surface area contributed by atoms with Crippen LogP contribution in [0.5, 0.6) is 0 Å². The number of rotatable bonds is 4. The van der Waals surface area contributed by atoms with E-state index in [0.29, 0.717) is 5.02 Å². The first-order chi connectivity index (χ1) is 14.1. The second kappa shape index (κ2) is 8.62. The molecule has 1 aliphatic heterocycles. The summed E-state index contributed by atoms with van der Waals surface area (Å²) in [7, 11) is 0. The lowest BCUT2D eigenvalue weighted by Crippen LogP contribution is -2.39. The van der Waals surface area contributed by atoms with Gasteiger partial charge in [0.1, 0.15) is 0 Å². The number of piperidine rings is 1. The summed E-state index contributed by atoms with van der Waals surface area (Å²) >= 11 is 5.99. The number of carbonyl (C=O) groups excluding carboxylic acids is 1. The quantitative estimate of drug-likeness (QED) is 0.665. The van der Waals surface area contributed by atoms with E-state index in [1.165, 1.54) is 5.56 Å². The van der Waals surface area contributed by atoms with Gasteiger partial charge in [0.05, 0.1) is 0 Å². The molecule has 29 heavy (non-hydrogen) atoms. The van der Waals surface area contributed by atoms with Crippen LogP contribution in [0, 0.1) is 12.8 Å². The third-order valence-corrected chi connectivity index (χ3v) is 5.47. The van der Waals surface area contributed by atoms with Crippen molar-refractivity contribution in [2.75, 3.05) is 23.3 Å². The average molecular weight is 407 g/mol. The molecule has 148 valence electrons. The lowest BCUT2D eigenvalue weighted by atomic mass is 9.96. The standard InChI is InChI=1S/C23H23ClN4O/c1-16-4-2-5-18(12-16)19-14-25-23(26-15-19)28-10-8-17(9-11-28)22(29)27-21-7-3-6-20(24)13-21/h2-7,12-15,17H,8-11H2,1H3,(H,27,29).